The van der Waals surface area contributed by atoms with Crippen molar-refractivity contribution in [1.82, 2.24) is 10.4 Å². The zero-order valence-corrected chi connectivity index (χ0v) is 12.4. The summed E-state index contributed by atoms with van der Waals surface area (Å²) >= 11 is 1.54. The second-order valence-electron chi connectivity index (χ2n) is 4.63. The number of hydrogen-bond donors (Lipinski definition) is 1. The second-order valence-corrected chi connectivity index (χ2v) is 5.70. The van der Waals surface area contributed by atoms with E-state index >= 15 is 0 Å². The van der Waals surface area contributed by atoms with Gasteiger partial charge < -0.3 is 0 Å². The Kier molecular flexibility index (Phi) is 3.92. The molecule has 106 valence electrons. The predicted octanol–water partition coefficient (Wildman–Crippen LogP) is 3.47. The summed E-state index contributed by atoms with van der Waals surface area (Å²) in [6.07, 6.45) is 0. The van der Waals surface area contributed by atoms with Crippen molar-refractivity contribution in [1.29, 1.82) is 0 Å². The van der Waals surface area contributed by atoms with Gasteiger partial charge in [0.05, 0.1) is 5.69 Å². The van der Waals surface area contributed by atoms with Gasteiger partial charge in [-0.25, -0.2) is 10.0 Å². The number of aliphatic imine (C=N–C) groups is 1. The highest BCUT2D eigenvalue weighted by molar-refractivity contribution is 8.14. The number of hydrazine groups is 1. The van der Waals surface area contributed by atoms with Crippen molar-refractivity contribution in [2.45, 2.75) is 12.3 Å². The van der Waals surface area contributed by atoms with Crippen LogP contribution in [-0.4, -0.2) is 16.1 Å². The van der Waals surface area contributed by atoms with E-state index in [0.29, 0.717) is 0 Å². The van der Waals surface area contributed by atoms with Crippen LogP contribution in [0, 0.1) is 0 Å². The molecule has 1 N–H and O–H groups in total. The van der Waals surface area contributed by atoms with Crippen LogP contribution in [0.2, 0.25) is 0 Å². The summed E-state index contributed by atoms with van der Waals surface area (Å²) in [5, 5.41) is 2.25. The number of carbonyl (C=O) groups is 1. The fourth-order valence-corrected chi connectivity index (χ4v) is 3.22. The summed E-state index contributed by atoms with van der Waals surface area (Å²) in [4.78, 5) is 16.4. The number of amides is 1. The van der Waals surface area contributed by atoms with E-state index in [-0.39, 0.29) is 11.3 Å². The molecule has 0 spiro atoms. The van der Waals surface area contributed by atoms with E-state index in [1.807, 2.05) is 60.7 Å². The number of nitrogens with zero attached hydrogens (tertiary/aromatic N) is 2. The summed E-state index contributed by atoms with van der Waals surface area (Å²) in [5.74, 6) is -0.0328. The summed E-state index contributed by atoms with van der Waals surface area (Å²) in [6.45, 7) is 1.55. The lowest BCUT2D eigenvalue weighted by Gasteiger charge is -2.20. The summed E-state index contributed by atoms with van der Waals surface area (Å²) < 4.78 is 0. The first-order chi connectivity index (χ1) is 10.2. The van der Waals surface area contributed by atoms with Crippen LogP contribution in [0.25, 0.3) is 0 Å². The number of nitrogens with one attached hydrogen (secondary N) is 1. The number of rotatable bonds is 2. The lowest BCUT2D eigenvalue weighted by atomic mass is 10.2. The van der Waals surface area contributed by atoms with Crippen molar-refractivity contribution in [2.24, 2.45) is 4.99 Å². The molecule has 0 unspecified atom stereocenters. The Morgan fingerprint density at radius 1 is 1.10 bits per heavy atom. The van der Waals surface area contributed by atoms with E-state index in [0.717, 1.165) is 16.4 Å². The molecule has 1 saturated heterocycles. The number of carbonyl (C=O) groups excluding carboxylic acids is 1. The van der Waals surface area contributed by atoms with E-state index < -0.39 is 0 Å². The van der Waals surface area contributed by atoms with Crippen molar-refractivity contribution < 1.29 is 4.79 Å². The third-order valence-electron chi connectivity index (χ3n) is 3.08. The quantitative estimate of drug-likeness (QED) is 0.923. The van der Waals surface area contributed by atoms with Crippen molar-refractivity contribution in [3.05, 3.63) is 66.2 Å². The molecule has 1 aliphatic rings. The largest absolute Gasteiger partial charge is 0.273 e. The minimum absolute atomic E-state index is 0.0328. The molecule has 1 amide bonds. The van der Waals surface area contributed by atoms with Gasteiger partial charge in [-0.3, -0.25) is 10.2 Å². The Bertz CT molecular complexity index is 658. The monoisotopic (exact) mass is 297 g/mol. The first-order valence-electron chi connectivity index (χ1n) is 6.66. The number of benzene rings is 2. The van der Waals surface area contributed by atoms with Crippen LogP contribution in [0.4, 0.5) is 5.69 Å². The van der Waals surface area contributed by atoms with E-state index in [1.54, 1.807) is 11.9 Å². The molecule has 21 heavy (non-hydrogen) atoms. The van der Waals surface area contributed by atoms with E-state index in [2.05, 4.69) is 10.4 Å². The second kappa shape index (κ2) is 6.01. The standard InChI is InChI=1S/C16H15N3OS/c1-12(20)19-15(13-8-4-2-5-9-13)21-16(18-19)17-14-10-6-3-7-11-14/h2-11,15H,1H3,(H,17,18)/t15-/m1/s1. The van der Waals surface area contributed by atoms with Gasteiger partial charge in [0.2, 0.25) is 5.91 Å². The Hall–Kier alpha value is -2.27. The van der Waals surface area contributed by atoms with Crippen molar-refractivity contribution >= 4 is 28.5 Å². The Labute approximate surface area is 127 Å². The first kappa shape index (κ1) is 13.7. The van der Waals surface area contributed by atoms with Gasteiger partial charge in [0, 0.05) is 6.92 Å². The third-order valence-corrected chi connectivity index (χ3v) is 4.20. The number of hydrogen-bond acceptors (Lipinski definition) is 3. The topological polar surface area (TPSA) is 44.7 Å². The van der Waals surface area contributed by atoms with Crippen LogP contribution >= 0.6 is 11.8 Å². The predicted molar refractivity (Wildman–Crippen MR) is 86.0 cm³/mol. The molecular formula is C16H15N3OS. The molecule has 2 aromatic carbocycles. The van der Waals surface area contributed by atoms with Crippen molar-refractivity contribution in [2.75, 3.05) is 0 Å². The SMILES string of the molecule is CC(=O)N1NC(=Nc2ccccc2)S[C@@H]1c1ccccc1. The molecule has 0 radical (unpaired) electrons. The average Bonchev–Trinajstić information content (AvgIpc) is 2.93. The molecule has 1 aliphatic heterocycles. The van der Waals surface area contributed by atoms with E-state index in [9.17, 15) is 4.79 Å². The Morgan fingerprint density at radius 2 is 1.71 bits per heavy atom. The Morgan fingerprint density at radius 3 is 2.33 bits per heavy atom. The van der Waals surface area contributed by atoms with Crippen molar-refractivity contribution in [3.8, 4) is 0 Å². The van der Waals surface area contributed by atoms with Gasteiger partial charge in [-0.1, -0.05) is 60.3 Å². The number of para-hydroxylation sites is 1. The lowest BCUT2D eigenvalue weighted by Crippen LogP contribution is -2.38. The number of thioether (sulfide) groups is 1. The summed E-state index contributed by atoms with van der Waals surface area (Å²) in [6, 6.07) is 19.6. The van der Waals surface area contributed by atoms with E-state index in [4.69, 9.17) is 0 Å². The van der Waals surface area contributed by atoms with E-state index in [1.165, 1.54) is 11.8 Å². The van der Waals surface area contributed by atoms with Crippen LogP contribution in [-0.2, 0) is 4.79 Å². The first-order valence-corrected chi connectivity index (χ1v) is 7.54. The molecule has 1 atom stereocenters. The molecule has 3 rings (SSSR count). The van der Waals surface area contributed by atoms with Gasteiger partial charge in [0.25, 0.3) is 0 Å². The molecule has 1 fully saturated rings. The van der Waals surface area contributed by atoms with Crippen LogP contribution in [0.3, 0.4) is 0 Å². The van der Waals surface area contributed by atoms with Crippen molar-refractivity contribution in [3.63, 3.8) is 0 Å². The highest BCUT2D eigenvalue weighted by atomic mass is 32.2. The van der Waals surface area contributed by atoms with Gasteiger partial charge in [-0.05, 0) is 17.7 Å². The van der Waals surface area contributed by atoms with Gasteiger partial charge in [0.1, 0.15) is 5.37 Å². The molecule has 4 nitrogen and oxygen atoms in total. The van der Waals surface area contributed by atoms with Crippen LogP contribution in [0.15, 0.2) is 65.7 Å². The fraction of sp³-hybridized carbons (Fsp3) is 0.125. The lowest BCUT2D eigenvalue weighted by molar-refractivity contribution is -0.131. The minimum Gasteiger partial charge on any atom is -0.273 e. The summed E-state index contributed by atoms with van der Waals surface area (Å²) in [7, 11) is 0. The van der Waals surface area contributed by atoms with Gasteiger partial charge in [-0.2, -0.15) is 0 Å². The molecule has 2 aromatic rings. The van der Waals surface area contributed by atoms with Gasteiger partial charge >= 0.3 is 0 Å². The number of amidine groups is 1. The van der Waals surface area contributed by atoms with Crippen LogP contribution < -0.4 is 5.43 Å². The fourth-order valence-electron chi connectivity index (χ4n) is 2.10. The summed E-state index contributed by atoms with van der Waals surface area (Å²) in [5.41, 5.74) is 5.02. The van der Waals surface area contributed by atoms with Gasteiger partial charge in [0.15, 0.2) is 5.17 Å². The molecule has 5 heteroatoms. The molecule has 0 aliphatic carbocycles. The molecule has 1 heterocycles. The zero-order chi connectivity index (χ0) is 14.7. The Balaban J connectivity index is 1.88. The average molecular weight is 297 g/mol. The highest BCUT2D eigenvalue weighted by Crippen LogP contribution is 2.37. The van der Waals surface area contributed by atoms with Crippen LogP contribution in [0.5, 0.6) is 0 Å². The zero-order valence-electron chi connectivity index (χ0n) is 11.6. The maximum atomic E-state index is 11.8. The molecule has 0 saturated carbocycles. The molecular weight excluding hydrogens is 282 g/mol. The van der Waals surface area contributed by atoms with Crippen LogP contribution in [0.1, 0.15) is 17.9 Å². The molecule has 0 bridgehead atoms. The molecule has 0 aromatic heterocycles. The minimum atomic E-state index is -0.0915. The normalized spacial score (nSPS) is 19.6. The van der Waals surface area contributed by atoms with Gasteiger partial charge in [-0.15, -0.1) is 0 Å². The highest BCUT2D eigenvalue weighted by Gasteiger charge is 2.32. The third kappa shape index (κ3) is 3.08. The smallest absolute Gasteiger partial charge is 0.239 e. The maximum Gasteiger partial charge on any atom is 0.239 e. The maximum absolute atomic E-state index is 11.8.